The van der Waals surface area contributed by atoms with E-state index in [1.807, 2.05) is 0 Å². The van der Waals surface area contributed by atoms with Crippen molar-refractivity contribution in [1.29, 1.82) is 0 Å². The van der Waals surface area contributed by atoms with Crippen LogP contribution >= 0.6 is 25.3 Å². The molecule has 2 N–H and O–H groups in total. The molecular weight excluding hydrogens is 340 g/mol. The standard InChI is InChI=1S/C15H16O6S2/c16-10(17)7-6-9(13(18)19)12(15(21)23)11(14(20)22)8-4-2-1-3-5-8/h1-5,9,11-12H,6-7H2,(H,16,17)(H,18,19)(H,20,22)(H,21,23). The number of carbonyl (C=O) groups excluding carboxylic acids is 2. The molecule has 0 aliphatic carbocycles. The average Bonchev–Trinajstić information content (AvgIpc) is 2.46. The second-order valence-corrected chi connectivity index (χ2v) is 5.85. The molecule has 0 spiro atoms. The summed E-state index contributed by atoms with van der Waals surface area (Å²) in [5.41, 5.74) is 0.432. The highest BCUT2D eigenvalue weighted by Gasteiger charge is 2.41. The third-order valence-corrected chi connectivity index (χ3v) is 4.07. The lowest BCUT2D eigenvalue weighted by Crippen LogP contribution is -2.35. The van der Waals surface area contributed by atoms with Gasteiger partial charge in [0.05, 0.1) is 17.8 Å². The van der Waals surface area contributed by atoms with E-state index in [-0.39, 0.29) is 6.42 Å². The third kappa shape index (κ3) is 5.40. The van der Waals surface area contributed by atoms with Crippen LogP contribution in [0.5, 0.6) is 0 Å². The zero-order valence-corrected chi connectivity index (χ0v) is 13.7. The summed E-state index contributed by atoms with van der Waals surface area (Å²) in [7, 11) is 0. The first-order chi connectivity index (χ1) is 10.8. The number of aliphatic carboxylic acids is 2. The second-order valence-electron chi connectivity index (χ2n) is 4.97. The summed E-state index contributed by atoms with van der Waals surface area (Å²) in [4.78, 5) is 46.1. The fraction of sp³-hybridized carbons (Fsp3) is 0.333. The topological polar surface area (TPSA) is 109 Å². The van der Waals surface area contributed by atoms with Crippen LogP contribution in [0, 0.1) is 11.8 Å². The predicted molar refractivity (Wildman–Crippen MR) is 88.7 cm³/mol. The molecule has 8 heteroatoms. The summed E-state index contributed by atoms with van der Waals surface area (Å²) >= 11 is 7.50. The largest absolute Gasteiger partial charge is 0.481 e. The quantitative estimate of drug-likeness (QED) is 0.503. The second kappa shape index (κ2) is 8.73. The average molecular weight is 356 g/mol. The van der Waals surface area contributed by atoms with Gasteiger partial charge in [-0.3, -0.25) is 19.2 Å². The maximum absolute atomic E-state index is 11.9. The Morgan fingerprint density at radius 1 is 0.957 bits per heavy atom. The maximum atomic E-state index is 11.9. The Hall–Kier alpha value is -1.80. The Balaban J connectivity index is 3.28. The normalized spacial score (nSPS) is 14.5. The Labute approximate surface area is 143 Å². The number of carboxylic acids is 2. The lowest BCUT2D eigenvalue weighted by molar-refractivity contribution is -0.147. The first-order valence-electron chi connectivity index (χ1n) is 6.70. The molecule has 23 heavy (non-hydrogen) atoms. The van der Waals surface area contributed by atoms with E-state index in [0.717, 1.165) is 0 Å². The Kier molecular flexibility index (Phi) is 7.31. The minimum absolute atomic E-state index is 0.286. The first kappa shape index (κ1) is 19.2. The van der Waals surface area contributed by atoms with E-state index in [1.54, 1.807) is 30.3 Å². The van der Waals surface area contributed by atoms with Crippen LogP contribution in [-0.2, 0) is 19.2 Å². The Bertz CT molecular complexity index is 601. The zero-order chi connectivity index (χ0) is 17.6. The highest BCUT2D eigenvalue weighted by atomic mass is 32.1. The lowest BCUT2D eigenvalue weighted by Gasteiger charge is -2.27. The smallest absolute Gasteiger partial charge is 0.307 e. The highest BCUT2D eigenvalue weighted by molar-refractivity contribution is 7.97. The van der Waals surface area contributed by atoms with E-state index < -0.39 is 46.3 Å². The van der Waals surface area contributed by atoms with E-state index in [1.165, 1.54) is 0 Å². The first-order valence-corrected chi connectivity index (χ1v) is 7.60. The van der Waals surface area contributed by atoms with Gasteiger partial charge in [0.2, 0.25) is 0 Å². The van der Waals surface area contributed by atoms with Crippen LogP contribution in [0.1, 0.15) is 24.3 Å². The SMILES string of the molecule is O=C(O)CCC(C(=O)O)C(C(=O)S)C(C(=O)S)c1ccccc1. The molecule has 1 rings (SSSR count). The monoisotopic (exact) mass is 356 g/mol. The molecule has 1 aromatic carbocycles. The molecular formula is C15H16O6S2. The summed E-state index contributed by atoms with van der Waals surface area (Å²) in [6.07, 6.45) is -0.719. The number of hydrogen-bond donors (Lipinski definition) is 4. The van der Waals surface area contributed by atoms with Gasteiger partial charge in [0.15, 0.2) is 10.2 Å². The van der Waals surface area contributed by atoms with Crippen LogP contribution in [0.3, 0.4) is 0 Å². The molecule has 0 radical (unpaired) electrons. The summed E-state index contributed by atoms with van der Waals surface area (Å²) in [5.74, 6) is -6.30. The molecule has 0 fully saturated rings. The summed E-state index contributed by atoms with van der Waals surface area (Å²) in [6, 6.07) is 8.16. The minimum atomic E-state index is -1.35. The minimum Gasteiger partial charge on any atom is -0.481 e. The van der Waals surface area contributed by atoms with E-state index in [2.05, 4.69) is 25.3 Å². The molecule has 0 bridgehead atoms. The van der Waals surface area contributed by atoms with Crippen LogP contribution in [-0.4, -0.2) is 32.4 Å². The fourth-order valence-corrected chi connectivity index (χ4v) is 3.09. The lowest BCUT2D eigenvalue weighted by atomic mass is 9.77. The number of rotatable bonds is 9. The van der Waals surface area contributed by atoms with Gasteiger partial charge < -0.3 is 10.2 Å². The number of thiol groups is 2. The molecule has 0 amide bonds. The van der Waals surface area contributed by atoms with Crippen molar-refractivity contribution in [3.05, 3.63) is 35.9 Å². The molecule has 6 nitrogen and oxygen atoms in total. The number of carbonyl (C=O) groups is 4. The van der Waals surface area contributed by atoms with Crippen molar-refractivity contribution in [2.45, 2.75) is 18.8 Å². The maximum Gasteiger partial charge on any atom is 0.307 e. The van der Waals surface area contributed by atoms with Crippen LogP contribution in [0.4, 0.5) is 0 Å². The predicted octanol–water partition coefficient (Wildman–Crippen LogP) is 1.86. The number of benzene rings is 1. The van der Waals surface area contributed by atoms with Crippen molar-refractivity contribution in [3.8, 4) is 0 Å². The van der Waals surface area contributed by atoms with Gasteiger partial charge in [-0.15, -0.1) is 25.3 Å². The molecule has 3 unspecified atom stereocenters. The van der Waals surface area contributed by atoms with Gasteiger partial charge in [-0.2, -0.15) is 0 Å². The van der Waals surface area contributed by atoms with Gasteiger partial charge in [-0.1, -0.05) is 30.3 Å². The van der Waals surface area contributed by atoms with Crippen molar-refractivity contribution in [3.63, 3.8) is 0 Å². The van der Waals surface area contributed by atoms with Crippen LogP contribution in [0.15, 0.2) is 30.3 Å². The van der Waals surface area contributed by atoms with Gasteiger partial charge in [0, 0.05) is 6.42 Å². The van der Waals surface area contributed by atoms with E-state index in [4.69, 9.17) is 5.11 Å². The molecule has 0 saturated carbocycles. The molecule has 3 atom stereocenters. The van der Waals surface area contributed by atoms with Gasteiger partial charge in [-0.05, 0) is 12.0 Å². The highest BCUT2D eigenvalue weighted by Crippen LogP contribution is 2.36. The number of carboxylic acid groups (broad SMARTS) is 2. The van der Waals surface area contributed by atoms with Crippen LogP contribution in [0.25, 0.3) is 0 Å². The van der Waals surface area contributed by atoms with E-state index in [0.29, 0.717) is 5.56 Å². The van der Waals surface area contributed by atoms with Crippen molar-refractivity contribution < 1.29 is 29.4 Å². The number of hydrogen-bond acceptors (Lipinski definition) is 4. The van der Waals surface area contributed by atoms with Crippen molar-refractivity contribution in [2.75, 3.05) is 0 Å². The molecule has 0 aliphatic rings. The van der Waals surface area contributed by atoms with Crippen molar-refractivity contribution >= 4 is 47.4 Å². The van der Waals surface area contributed by atoms with E-state index in [9.17, 15) is 24.3 Å². The molecule has 0 heterocycles. The molecule has 124 valence electrons. The van der Waals surface area contributed by atoms with E-state index >= 15 is 0 Å². The van der Waals surface area contributed by atoms with Crippen LogP contribution in [0.2, 0.25) is 0 Å². The van der Waals surface area contributed by atoms with Crippen molar-refractivity contribution in [2.24, 2.45) is 11.8 Å². The summed E-state index contributed by atoms with van der Waals surface area (Å²) in [6.45, 7) is 0. The van der Waals surface area contributed by atoms with Gasteiger partial charge in [0.25, 0.3) is 0 Å². The molecule has 1 aromatic rings. The molecule has 0 aromatic heterocycles. The van der Waals surface area contributed by atoms with Gasteiger partial charge in [0.1, 0.15) is 0 Å². The summed E-state index contributed by atoms with van der Waals surface area (Å²) < 4.78 is 0. The van der Waals surface area contributed by atoms with Gasteiger partial charge in [-0.25, -0.2) is 0 Å². The zero-order valence-electron chi connectivity index (χ0n) is 12.0. The Morgan fingerprint density at radius 3 is 1.91 bits per heavy atom. The van der Waals surface area contributed by atoms with Crippen molar-refractivity contribution in [1.82, 2.24) is 0 Å². The van der Waals surface area contributed by atoms with Crippen LogP contribution < -0.4 is 0 Å². The Morgan fingerprint density at radius 2 is 1.52 bits per heavy atom. The fourth-order valence-electron chi connectivity index (χ4n) is 2.45. The molecule has 0 saturated heterocycles. The molecule has 0 aliphatic heterocycles. The summed E-state index contributed by atoms with van der Waals surface area (Å²) in [5, 5.41) is 16.6. The van der Waals surface area contributed by atoms with Gasteiger partial charge >= 0.3 is 11.9 Å². The third-order valence-electron chi connectivity index (χ3n) is 3.49.